The first-order valence-electron chi connectivity index (χ1n) is 10.8. The molecule has 0 spiro atoms. The van der Waals surface area contributed by atoms with Gasteiger partial charge in [0.1, 0.15) is 6.61 Å². The summed E-state index contributed by atoms with van der Waals surface area (Å²) in [6.07, 6.45) is 0.340. The Labute approximate surface area is 194 Å². The molecule has 0 atom stereocenters. The fourth-order valence-electron chi connectivity index (χ4n) is 2.65. The van der Waals surface area contributed by atoms with Gasteiger partial charge in [-0.05, 0) is 16.7 Å². The lowest BCUT2D eigenvalue weighted by atomic mass is 10.2. The van der Waals surface area contributed by atoms with E-state index in [1.165, 1.54) is 0 Å². The Kier molecular flexibility index (Phi) is 12.7. The molecule has 0 saturated carbocycles. The summed E-state index contributed by atoms with van der Waals surface area (Å²) in [6.45, 7) is 1.96. The molecule has 0 unspecified atom stereocenters. The second-order valence-corrected chi connectivity index (χ2v) is 7.12. The Morgan fingerprint density at radius 3 is 1.39 bits per heavy atom. The highest BCUT2D eigenvalue weighted by atomic mass is 16.5. The van der Waals surface area contributed by atoms with Crippen molar-refractivity contribution >= 4 is 11.9 Å². The molecule has 3 aromatic rings. The summed E-state index contributed by atoms with van der Waals surface area (Å²) < 4.78 is 15.8. The molecular weight excluding hydrogens is 420 g/mol. The van der Waals surface area contributed by atoms with Gasteiger partial charge in [0, 0.05) is 0 Å². The Balaban J connectivity index is 0.000000257. The van der Waals surface area contributed by atoms with E-state index in [0.717, 1.165) is 16.7 Å². The number of esters is 1. The molecule has 0 aromatic heterocycles. The summed E-state index contributed by atoms with van der Waals surface area (Å²) in [4.78, 5) is 21.7. The lowest BCUT2D eigenvalue weighted by Crippen LogP contribution is -2.08. The highest BCUT2D eigenvalue weighted by molar-refractivity contribution is 5.69. The Hall–Kier alpha value is -3.48. The predicted octanol–water partition coefficient (Wildman–Crippen LogP) is 5.01. The van der Waals surface area contributed by atoms with Crippen LogP contribution in [-0.4, -0.2) is 30.3 Å². The molecule has 0 fully saturated rings. The number of carbonyl (C=O) groups is 2. The van der Waals surface area contributed by atoms with Crippen molar-refractivity contribution in [2.75, 3.05) is 13.2 Å². The van der Waals surface area contributed by atoms with Crippen molar-refractivity contribution in [3.63, 3.8) is 0 Å². The zero-order valence-corrected chi connectivity index (χ0v) is 18.6. The maximum Gasteiger partial charge on any atom is 0.308 e. The summed E-state index contributed by atoms with van der Waals surface area (Å²) in [5.74, 6) is -1.06. The van der Waals surface area contributed by atoms with E-state index in [-0.39, 0.29) is 25.4 Å². The third-order valence-corrected chi connectivity index (χ3v) is 4.38. The van der Waals surface area contributed by atoms with Crippen molar-refractivity contribution in [3.8, 4) is 0 Å². The fourth-order valence-corrected chi connectivity index (χ4v) is 2.65. The number of aliphatic carboxylic acids is 1. The van der Waals surface area contributed by atoms with E-state index in [2.05, 4.69) is 0 Å². The van der Waals surface area contributed by atoms with Gasteiger partial charge in [0.25, 0.3) is 0 Å². The van der Waals surface area contributed by atoms with Gasteiger partial charge in [0.2, 0.25) is 0 Å². The Morgan fingerprint density at radius 2 is 0.970 bits per heavy atom. The molecule has 0 radical (unpaired) electrons. The molecular formula is C27H30O6. The predicted molar refractivity (Wildman–Crippen MR) is 125 cm³/mol. The minimum atomic E-state index is -0.826. The number of benzene rings is 3. The highest BCUT2D eigenvalue weighted by Gasteiger charge is 2.03. The smallest absolute Gasteiger partial charge is 0.308 e. The fraction of sp³-hybridized carbons (Fsp3) is 0.259. The molecule has 3 rings (SSSR count). The van der Waals surface area contributed by atoms with E-state index in [0.29, 0.717) is 26.4 Å². The molecule has 0 bridgehead atoms. The SMILES string of the molecule is O=C(CCOCc1ccccc1)OCc1ccccc1.O=C(O)CCOCc1ccccc1. The highest BCUT2D eigenvalue weighted by Crippen LogP contribution is 2.04. The molecule has 0 aliphatic heterocycles. The number of carbonyl (C=O) groups excluding carboxylic acids is 1. The van der Waals surface area contributed by atoms with E-state index >= 15 is 0 Å². The molecule has 33 heavy (non-hydrogen) atoms. The average molecular weight is 451 g/mol. The molecule has 0 aliphatic rings. The van der Waals surface area contributed by atoms with Crippen molar-refractivity contribution in [2.24, 2.45) is 0 Å². The summed E-state index contributed by atoms with van der Waals surface area (Å²) in [5.41, 5.74) is 3.16. The lowest BCUT2D eigenvalue weighted by molar-refractivity contribution is -0.146. The summed E-state index contributed by atoms with van der Waals surface area (Å²) >= 11 is 0. The van der Waals surface area contributed by atoms with Crippen LogP contribution in [0, 0.1) is 0 Å². The van der Waals surface area contributed by atoms with Gasteiger partial charge in [-0.25, -0.2) is 0 Å². The molecule has 0 aliphatic carbocycles. The summed E-state index contributed by atoms with van der Waals surface area (Å²) in [5, 5.41) is 8.33. The molecule has 3 aromatic carbocycles. The number of ether oxygens (including phenoxy) is 3. The van der Waals surface area contributed by atoms with Crippen molar-refractivity contribution in [1.82, 2.24) is 0 Å². The van der Waals surface area contributed by atoms with Gasteiger partial charge in [-0.3, -0.25) is 9.59 Å². The third-order valence-electron chi connectivity index (χ3n) is 4.38. The Morgan fingerprint density at radius 1 is 0.576 bits per heavy atom. The second-order valence-electron chi connectivity index (χ2n) is 7.12. The normalized spacial score (nSPS) is 10.1. The van der Waals surface area contributed by atoms with Gasteiger partial charge in [-0.2, -0.15) is 0 Å². The first kappa shape index (κ1) is 25.8. The minimum Gasteiger partial charge on any atom is -0.481 e. The van der Waals surface area contributed by atoms with Gasteiger partial charge in [-0.15, -0.1) is 0 Å². The maximum atomic E-state index is 11.5. The minimum absolute atomic E-state index is 0.0623. The van der Waals surface area contributed by atoms with Crippen LogP contribution in [-0.2, 0) is 43.6 Å². The van der Waals surface area contributed by atoms with Gasteiger partial charge >= 0.3 is 11.9 Å². The molecule has 6 nitrogen and oxygen atoms in total. The second kappa shape index (κ2) is 16.2. The average Bonchev–Trinajstić information content (AvgIpc) is 2.85. The van der Waals surface area contributed by atoms with E-state index in [4.69, 9.17) is 19.3 Å². The topological polar surface area (TPSA) is 82.1 Å². The van der Waals surface area contributed by atoms with E-state index in [1.807, 2.05) is 91.0 Å². The largest absolute Gasteiger partial charge is 0.481 e. The van der Waals surface area contributed by atoms with Crippen LogP contribution in [0.5, 0.6) is 0 Å². The van der Waals surface area contributed by atoms with Crippen molar-refractivity contribution in [1.29, 1.82) is 0 Å². The standard InChI is InChI=1S/C17H18O3.C10H12O3/c18-17(20-14-16-9-5-2-6-10-16)11-12-19-13-15-7-3-1-4-8-15;11-10(12)6-7-13-8-9-4-2-1-3-5-9/h1-10H,11-14H2;1-5H,6-8H2,(H,11,12). The Bertz CT molecular complexity index is 913. The van der Waals surface area contributed by atoms with Crippen LogP contribution in [0.1, 0.15) is 29.5 Å². The van der Waals surface area contributed by atoms with Gasteiger partial charge in [-0.1, -0.05) is 91.0 Å². The molecule has 6 heteroatoms. The van der Waals surface area contributed by atoms with E-state index in [1.54, 1.807) is 0 Å². The monoisotopic (exact) mass is 450 g/mol. The zero-order chi connectivity index (χ0) is 23.6. The number of rotatable bonds is 12. The number of hydrogen-bond donors (Lipinski definition) is 1. The van der Waals surface area contributed by atoms with Crippen molar-refractivity contribution < 1.29 is 28.9 Å². The quantitative estimate of drug-likeness (QED) is 0.308. The van der Waals surface area contributed by atoms with Crippen LogP contribution in [0.25, 0.3) is 0 Å². The number of carboxylic acid groups (broad SMARTS) is 1. The van der Waals surface area contributed by atoms with Crippen molar-refractivity contribution in [2.45, 2.75) is 32.7 Å². The first-order chi connectivity index (χ1) is 16.1. The molecule has 0 heterocycles. The van der Waals surface area contributed by atoms with Crippen LogP contribution in [0.3, 0.4) is 0 Å². The lowest BCUT2D eigenvalue weighted by Gasteiger charge is -2.06. The number of hydrogen-bond acceptors (Lipinski definition) is 5. The molecule has 0 saturated heterocycles. The van der Waals surface area contributed by atoms with Crippen LogP contribution in [0.15, 0.2) is 91.0 Å². The molecule has 0 amide bonds. The molecule has 1 N–H and O–H groups in total. The maximum absolute atomic E-state index is 11.5. The van der Waals surface area contributed by atoms with Crippen LogP contribution >= 0.6 is 0 Å². The van der Waals surface area contributed by atoms with Gasteiger partial charge in [0.05, 0.1) is 39.3 Å². The third kappa shape index (κ3) is 12.8. The van der Waals surface area contributed by atoms with E-state index < -0.39 is 5.97 Å². The first-order valence-corrected chi connectivity index (χ1v) is 10.8. The summed E-state index contributed by atoms with van der Waals surface area (Å²) in [7, 11) is 0. The van der Waals surface area contributed by atoms with Crippen LogP contribution in [0.2, 0.25) is 0 Å². The van der Waals surface area contributed by atoms with Crippen LogP contribution < -0.4 is 0 Å². The molecule has 174 valence electrons. The van der Waals surface area contributed by atoms with Crippen LogP contribution in [0.4, 0.5) is 0 Å². The van der Waals surface area contributed by atoms with Crippen molar-refractivity contribution in [3.05, 3.63) is 108 Å². The number of carboxylic acids is 1. The summed E-state index contributed by atoms with van der Waals surface area (Å²) in [6, 6.07) is 29.2. The van der Waals surface area contributed by atoms with E-state index in [9.17, 15) is 9.59 Å². The van der Waals surface area contributed by atoms with Gasteiger partial charge < -0.3 is 19.3 Å². The zero-order valence-electron chi connectivity index (χ0n) is 18.6. The van der Waals surface area contributed by atoms with Gasteiger partial charge in [0.15, 0.2) is 0 Å².